The van der Waals surface area contributed by atoms with E-state index in [1.54, 1.807) is 0 Å². The Hall–Kier alpha value is -2.46. The Morgan fingerprint density at radius 3 is 0.976 bits per heavy atom. The summed E-state index contributed by atoms with van der Waals surface area (Å²) in [6.45, 7) is 7.04. The number of hydrogen-bond acceptors (Lipinski definition) is 15. The van der Waals surface area contributed by atoms with Crippen LogP contribution in [0.25, 0.3) is 0 Å². The fourth-order valence-electron chi connectivity index (χ4n) is 9.22. The molecular weight excluding hydrogens is 1110 g/mol. The van der Waals surface area contributed by atoms with Gasteiger partial charge in [-0.3, -0.25) is 37.3 Å². The largest absolute Gasteiger partial charge is 0.472 e. The Bertz CT molecular complexity index is 1730. The maximum atomic E-state index is 13.0. The highest BCUT2D eigenvalue weighted by atomic mass is 31.2. The van der Waals surface area contributed by atoms with Crippen LogP contribution in [0.2, 0.25) is 0 Å². The molecule has 0 amide bonds. The molecule has 0 saturated heterocycles. The molecule has 0 saturated carbocycles. The number of phosphoric ester groups is 2. The summed E-state index contributed by atoms with van der Waals surface area (Å²) in [5.41, 5.74) is 0. The number of carbonyl (C=O) groups excluding carboxylic acids is 4. The molecule has 494 valence electrons. The Kier molecular flexibility index (Phi) is 56.5. The molecule has 84 heavy (non-hydrogen) atoms. The molecule has 19 heteroatoms. The van der Waals surface area contributed by atoms with Crippen molar-refractivity contribution >= 4 is 39.5 Å². The summed E-state index contributed by atoms with van der Waals surface area (Å²) in [5.74, 6) is -1.39. The predicted octanol–water partition coefficient (Wildman–Crippen LogP) is 17.7. The molecule has 0 aliphatic carbocycles. The first-order valence-corrected chi connectivity index (χ1v) is 36.4. The number of allylic oxidation sites excluding steroid dienone is 4. The maximum absolute atomic E-state index is 13.0. The summed E-state index contributed by atoms with van der Waals surface area (Å²) in [4.78, 5) is 71.9. The number of esters is 4. The van der Waals surface area contributed by atoms with Crippen molar-refractivity contribution in [2.24, 2.45) is 5.92 Å². The average molecular weight is 1240 g/mol. The molecule has 0 radical (unpaired) electrons. The first-order valence-electron chi connectivity index (χ1n) is 33.5. The summed E-state index contributed by atoms with van der Waals surface area (Å²) in [6, 6.07) is 0. The second-order valence-corrected chi connectivity index (χ2v) is 26.2. The van der Waals surface area contributed by atoms with Crippen molar-refractivity contribution in [3.63, 3.8) is 0 Å². The third-order valence-corrected chi connectivity index (χ3v) is 16.3. The molecule has 2 unspecified atom stereocenters. The molecule has 5 atom stereocenters. The molecule has 0 aromatic heterocycles. The Morgan fingerprint density at radius 2 is 0.643 bits per heavy atom. The van der Waals surface area contributed by atoms with Crippen LogP contribution in [-0.2, 0) is 65.4 Å². The summed E-state index contributed by atoms with van der Waals surface area (Å²) in [6.07, 6.45) is 45.6. The summed E-state index contributed by atoms with van der Waals surface area (Å²) >= 11 is 0. The number of aliphatic hydroxyl groups excluding tert-OH is 1. The molecule has 0 aromatic rings. The van der Waals surface area contributed by atoms with Gasteiger partial charge in [0, 0.05) is 25.7 Å². The van der Waals surface area contributed by atoms with Crippen molar-refractivity contribution in [1.82, 2.24) is 0 Å². The average Bonchev–Trinajstić information content (AvgIpc) is 3.57. The minimum atomic E-state index is -4.95. The van der Waals surface area contributed by atoms with Gasteiger partial charge in [0.2, 0.25) is 0 Å². The quantitative estimate of drug-likeness (QED) is 0.0169. The normalized spacial score (nSPS) is 14.4. The van der Waals surface area contributed by atoms with Crippen molar-refractivity contribution in [1.29, 1.82) is 0 Å². The number of ether oxygens (including phenoxy) is 4. The van der Waals surface area contributed by atoms with Crippen LogP contribution in [0.1, 0.15) is 304 Å². The van der Waals surface area contributed by atoms with Gasteiger partial charge in [0.25, 0.3) is 0 Å². The highest BCUT2D eigenvalue weighted by Crippen LogP contribution is 2.45. The molecule has 0 rings (SSSR count). The highest BCUT2D eigenvalue weighted by Gasteiger charge is 2.30. The smallest absolute Gasteiger partial charge is 0.462 e. The van der Waals surface area contributed by atoms with Crippen LogP contribution in [0.5, 0.6) is 0 Å². The molecule has 0 aromatic carbocycles. The second kappa shape index (κ2) is 58.2. The van der Waals surface area contributed by atoms with Crippen LogP contribution in [0.15, 0.2) is 24.3 Å². The van der Waals surface area contributed by atoms with E-state index in [1.165, 1.54) is 109 Å². The van der Waals surface area contributed by atoms with E-state index >= 15 is 0 Å². The van der Waals surface area contributed by atoms with E-state index in [9.17, 15) is 43.2 Å². The van der Waals surface area contributed by atoms with E-state index in [2.05, 4.69) is 58.9 Å². The zero-order valence-electron chi connectivity index (χ0n) is 53.5. The topological polar surface area (TPSA) is 237 Å². The zero-order chi connectivity index (χ0) is 62.0. The van der Waals surface area contributed by atoms with E-state index in [1.807, 2.05) is 0 Å². The lowest BCUT2D eigenvalue weighted by Gasteiger charge is -2.21. The van der Waals surface area contributed by atoms with E-state index in [4.69, 9.17) is 37.0 Å². The molecule has 3 N–H and O–H groups in total. The fraction of sp³-hybridized carbons (Fsp3) is 0.877. The van der Waals surface area contributed by atoms with E-state index in [0.717, 1.165) is 115 Å². The first-order chi connectivity index (χ1) is 40.5. The van der Waals surface area contributed by atoms with Gasteiger partial charge in [-0.15, -0.1) is 0 Å². The van der Waals surface area contributed by atoms with Crippen LogP contribution in [-0.4, -0.2) is 96.7 Å². The molecule has 0 heterocycles. The van der Waals surface area contributed by atoms with Gasteiger partial charge >= 0.3 is 39.5 Å². The summed E-state index contributed by atoms with van der Waals surface area (Å²) in [7, 11) is -9.89. The monoisotopic (exact) mass is 1240 g/mol. The first kappa shape index (κ1) is 81.5. The van der Waals surface area contributed by atoms with Gasteiger partial charge < -0.3 is 33.8 Å². The minimum absolute atomic E-state index is 0.0850. The SMILES string of the molecule is CCCCCC/C=C\C=C/CCCCCCCC(=O)O[C@H](COC(=O)CCCCCCCCCCCCCCC(C)C)COP(=O)(O)OC[C@@H](O)COP(=O)(O)OC[C@@H](COC(=O)CCCCCCC)OC(=O)CCCCCCCCCCC. The molecule has 0 aliphatic rings. The minimum Gasteiger partial charge on any atom is -0.462 e. The number of phosphoric acid groups is 2. The van der Waals surface area contributed by atoms with E-state index in [-0.39, 0.29) is 25.7 Å². The predicted molar refractivity (Wildman–Crippen MR) is 335 cm³/mol. The van der Waals surface area contributed by atoms with Gasteiger partial charge in [-0.1, -0.05) is 252 Å². The van der Waals surface area contributed by atoms with Crippen molar-refractivity contribution in [2.75, 3.05) is 39.6 Å². The third-order valence-electron chi connectivity index (χ3n) is 14.4. The fourth-order valence-corrected chi connectivity index (χ4v) is 10.8. The van der Waals surface area contributed by atoms with Crippen molar-refractivity contribution in [3.05, 3.63) is 24.3 Å². The number of carbonyl (C=O) groups is 4. The Labute approximate surface area is 510 Å². The number of hydrogen-bond donors (Lipinski definition) is 3. The summed E-state index contributed by atoms with van der Waals surface area (Å²) < 4.78 is 67.8. The molecule has 0 bridgehead atoms. The number of unbranched alkanes of at least 4 members (excludes halogenated alkanes) is 32. The van der Waals surface area contributed by atoms with Crippen molar-refractivity contribution in [2.45, 2.75) is 323 Å². The molecule has 0 spiro atoms. The lowest BCUT2D eigenvalue weighted by atomic mass is 10.0. The van der Waals surface area contributed by atoms with Crippen LogP contribution in [0, 0.1) is 5.92 Å². The van der Waals surface area contributed by atoms with Gasteiger partial charge in [-0.2, -0.15) is 0 Å². The molecular formula is C65H122O17P2. The number of rotatable bonds is 63. The van der Waals surface area contributed by atoms with Crippen LogP contribution in [0.3, 0.4) is 0 Å². The molecule has 0 fully saturated rings. The Balaban J connectivity index is 5.20. The maximum Gasteiger partial charge on any atom is 0.472 e. The van der Waals surface area contributed by atoms with Crippen molar-refractivity contribution in [3.8, 4) is 0 Å². The van der Waals surface area contributed by atoms with Gasteiger partial charge in [-0.25, -0.2) is 9.13 Å². The lowest BCUT2D eigenvalue weighted by Crippen LogP contribution is -2.30. The van der Waals surface area contributed by atoms with E-state index in [0.29, 0.717) is 25.7 Å². The lowest BCUT2D eigenvalue weighted by molar-refractivity contribution is -0.161. The molecule has 0 aliphatic heterocycles. The van der Waals surface area contributed by atoms with E-state index < -0.39 is 97.5 Å². The number of aliphatic hydroxyl groups is 1. The van der Waals surface area contributed by atoms with Crippen LogP contribution in [0.4, 0.5) is 0 Å². The van der Waals surface area contributed by atoms with Crippen molar-refractivity contribution < 1.29 is 80.2 Å². The van der Waals surface area contributed by atoms with Crippen LogP contribution < -0.4 is 0 Å². The Morgan fingerprint density at radius 1 is 0.369 bits per heavy atom. The highest BCUT2D eigenvalue weighted by molar-refractivity contribution is 7.47. The summed E-state index contributed by atoms with van der Waals surface area (Å²) in [5, 5.41) is 10.5. The van der Waals surface area contributed by atoms with Gasteiger partial charge in [0.05, 0.1) is 26.4 Å². The van der Waals surface area contributed by atoms with Gasteiger partial charge in [0.1, 0.15) is 19.3 Å². The zero-order valence-corrected chi connectivity index (χ0v) is 55.3. The van der Waals surface area contributed by atoms with Crippen LogP contribution >= 0.6 is 15.6 Å². The molecule has 17 nitrogen and oxygen atoms in total. The standard InChI is InChI=1S/C65H122O17P2/c1-6-9-12-15-17-19-20-21-22-23-28-32-36-41-46-51-65(70)82-61(55-76-63(68)49-44-39-34-31-27-25-24-26-30-33-38-42-47-58(4)5)57-80-84(73,74)78-53-59(66)52-77-83(71,72)79-56-60(54-75-62(67)48-43-37-14-11-8-3)81-64(69)50-45-40-35-29-18-16-13-10-7-2/h19-22,58-61,66H,6-18,23-57H2,1-5H3,(H,71,72)(H,73,74)/b20-19-,22-21-/t59-,60+,61+/m0/s1. The van der Waals surface area contributed by atoms with Gasteiger partial charge in [-0.05, 0) is 57.3 Å². The second-order valence-electron chi connectivity index (χ2n) is 23.3. The third kappa shape index (κ3) is 58.6. The van der Waals surface area contributed by atoms with Gasteiger partial charge in [0.15, 0.2) is 12.2 Å².